The highest BCUT2D eigenvalue weighted by Gasteiger charge is 2.34. The highest BCUT2D eigenvalue weighted by molar-refractivity contribution is 5.94. The van der Waals surface area contributed by atoms with Gasteiger partial charge in [0, 0.05) is 17.8 Å². The zero-order valence-electron chi connectivity index (χ0n) is 27.1. The summed E-state index contributed by atoms with van der Waals surface area (Å²) in [6.45, 7) is 17.9. The second-order valence-corrected chi connectivity index (χ2v) is 14.2. The molecule has 7 heteroatoms. The molecule has 5 rings (SSSR count). The third kappa shape index (κ3) is 6.34. The van der Waals surface area contributed by atoms with Crippen LogP contribution in [0.2, 0.25) is 0 Å². The Labute approximate surface area is 264 Å². The molecule has 0 atom stereocenters. The summed E-state index contributed by atoms with van der Waals surface area (Å²) in [4.78, 5) is 37.1. The predicted molar refractivity (Wildman–Crippen MR) is 178 cm³/mol. The minimum atomic E-state index is -1.13. The van der Waals surface area contributed by atoms with E-state index in [2.05, 4.69) is 101 Å². The number of hydrogen-bond donors (Lipinski definition) is 2. The van der Waals surface area contributed by atoms with E-state index in [-0.39, 0.29) is 38.8 Å². The van der Waals surface area contributed by atoms with Crippen LogP contribution in [-0.4, -0.2) is 37.1 Å². The van der Waals surface area contributed by atoms with Crippen molar-refractivity contribution >= 4 is 23.1 Å². The van der Waals surface area contributed by atoms with E-state index >= 15 is 0 Å². The van der Waals surface area contributed by atoms with Gasteiger partial charge in [-0.25, -0.2) is 14.6 Å². The van der Waals surface area contributed by atoms with Crippen LogP contribution in [0.3, 0.4) is 0 Å². The standard InChI is InChI=1S/C38H39N3O4/c1-36(2,3)26-15-24(16-27(21-26)37(4,5)6)29-10-9-28(38(29,7)8)22-11-13-39-30(17-22)32-19-25(35(44)45)20-33(41-32)31-18-23(34(42)43)12-14-40-31/h9-21H,1-8H3,(H,42,43)(H,44,45). The molecule has 1 aromatic carbocycles. The first-order valence-electron chi connectivity index (χ1n) is 15.0. The van der Waals surface area contributed by atoms with E-state index < -0.39 is 11.9 Å². The molecule has 4 aromatic rings. The molecule has 7 nitrogen and oxygen atoms in total. The second-order valence-electron chi connectivity index (χ2n) is 14.2. The molecule has 1 aliphatic rings. The molecule has 45 heavy (non-hydrogen) atoms. The minimum absolute atomic E-state index is 0.00229. The summed E-state index contributed by atoms with van der Waals surface area (Å²) >= 11 is 0. The molecule has 0 bridgehead atoms. The number of benzene rings is 1. The van der Waals surface area contributed by atoms with Crippen LogP contribution in [0.25, 0.3) is 33.9 Å². The number of carboxylic acid groups (broad SMARTS) is 2. The Hall–Kier alpha value is -4.91. The SMILES string of the molecule is CC1(C)C(c2cc(C(C)(C)C)cc(C(C)(C)C)c2)=CC=C1c1ccnc(-c2cc(C(=O)O)cc(-c3cc(C(=O)O)ccn3)n2)c1. The molecular formula is C38H39N3O4. The first kappa shape index (κ1) is 31.5. The van der Waals surface area contributed by atoms with E-state index in [1.165, 1.54) is 52.7 Å². The summed E-state index contributed by atoms with van der Waals surface area (Å²) in [5.41, 5.74) is 8.16. The van der Waals surface area contributed by atoms with Gasteiger partial charge in [-0.2, -0.15) is 0 Å². The lowest BCUT2D eigenvalue weighted by molar-refractivity contribution is 0.0686. The van der Waals surface area contributed by atoms with Gasteiger partial charge in [-0.3, -0.25) is 9.97 Å². The fraction of sp³-hybridized carbons (Fsp3) is 0.289. The second kappa shape index (κ2) is 11.2. The molecule has 0 saturated heterocycles. The topological polar surface area (TPSA) is 113 Å². The van der Waals surface area contributed by atoms with Crippen molar-refractivity contribution < 1.29 is 19.8 Å². The Morgan fingerprint density at radius 2 is 1.07 bits per heavy atom. The van der Waals surface area contributed by atoms with E-state index in [9.17, 15) is 19.8 Å². The Kier molecular flexibility index (Phi) is 7.86. The van der Waals surface area contributed by atoms with Gasteiger partial charge in [-0.05, 0) is 80.6 Å². The van der Waals surface area contributed by atoms with Gasteiger partial charge in [0.1, 0.15) is 0 Å². The average molecular weight is 602 g/mol. The Bertz CT molecular complexity index is 1870. The number of allylic oxidation sites excluding steroid dienone is 4. The number of carbonyl (C=O) groups is 2. The third-order valence-corrected chi connectivity index (χ3v) is 8.41. The molecule has 0 saturated carbocycles. The summed E-state index contributed by atoms with van der Waals surface area (Å²) in [6.07, 6.45) is 7.43. The molecule has 3 aromatic heterocycles. The van der Waals surface area contributed by atoms with Crippen molar-refractivity contribution in [2.24, 2.45) is 5.41 Å². The quantitative estimate of drug-likeness (QED) is 0.227. The van der Waals surface area contributed by atoms with Gasteiger partial charge in [0.2, 0.25) is 0 Å². The Morgan fingerprint density at radius 1 is 0.600 bits per heavy atom. The van der Waals surface area contributed by atoms with Crippen LogP contribution in [-0.2, 0) is 10.8 Å². The van der Waals surface area contributed by atoms with Gasteiger partial charge >= 0.3 is 11.9 Å². The Morgan fingerprint density at radius 3 is 1.58 bits per heavy atom. The van der Waals surface area contributed by atoms with Crippen molar-refractivity contribution in [2.45, 2.75) is 66.2 Å². The fourth-order valence-corrected chi connectivity index (χ4v) is 5.65. The Balaban J connectivity index is 1.55. The number of aromatic nitrogens is 3. The number of nitrogens with zero attached hydrogens (tertiary/aromatic N) is 3. The first-order valence-corrected chi connectivity index (χ1v) is 15.0. The van der Waals surface area contributed by atoms with Crippen molar-refractivity contribution in [1.29, 1.82) is 0 Å². The maximum absolute atomic E-state index is 12.1. The molecule has 0 fully saturated rings. The number of aromatic carboxylic acids is 2. The minimum Gasteiger partial charge on any atom is -0.478 e. The van der Waals surface area contributed by atoms with Gasteiger partial charge in [-0.15, -0.1) is 0 Å². The van der Waals surface area contributed by atoms with Gasteiger partial charge in [-0.1, -0.05) is 85.7 Å². The van der Waals surface area contributed by atoms with E-state index in [0.29, 0.717) is 11.4 Å². The smallest absolute Gasteiger partial charge is 0.335 e. The highest BCUT2D eigenvalue weighted by Crippen LogP contribution is 2.50. The van der Waals surface area contributed by atoms with Gasteiger partial charge < -0.3 is 10.2 Å². The molecule has 0 unspecified atom stereocenters. The molecule has 0 radical (unpaired) electrons. The molecule has 2 N–H and O–H groups in total. The fourth-order valence-electron chi connectivity index (χ4n) is 5.65. The monoisotopic (exact) mass is 601 g/mol. The van der Waals surface area contributed by atoms with Crippen LogP contribution in [0.4, 0.5) is 0 Å². The zero-order chi connectivity index (χ0) is 32.9. The van der Waals surface area contributed by atoms with Crippen LogP contribution < -0.4 is 0 Å². The highest BCUT2D eigenvalue weighted by atomic mass is 16.4. The average Bonchev–Trinajstić information content (AvgIpc) is 3.30. The van der Waals surface area contributed by atoms with E-state index in [0.717, 1.165) is 11.1 Å². The lowest BCUT2D eigenvalue weighted by atomic mass is 9.73. The van der Waals surface area contributed by atoms with Crippen molar-refractivity contribution in [3.63, 3.8) is 0 Å². The predicted octanol–water partition coefficient (Wildman–Crippen LogP) is 8.70. The van der Waals surface area contributed by atoms with E-state index in [1.807, 2.05) is 12.1 Å². The first-order chi connectivity index (χ1) is 20.9. The lowest BCUT2D eigenvalue weighted by Crippen LogP contribution is -2.19. The number of rotatable bonds is 6. The number of carboxylic acids is 2. The van der Waals surface area contributed by atoms with Crippen molar-refractivity contribution in [3.8, 4) is 22.8 Å². The molecule has 1 aliphatic carbocycles. The maximum Gasteiger partial charge on any atom is 0.335 e. The van der Waals surface area contributed by atoms with Crippen molar-refractivity contribution in [2.75, 3.05) is 0 Å². The molecule has 3 heterocycles. The summed E-state index contributed by atoms with van der Waals surface area (Å²) < 4.78 is 0. The van der Waals surface area contributed by atoms with E-state index in [4.69, 9.17) is 0 Å². The van der Waals surface area contributed by atoms with E-state index in [1.54, 1.807) is 6.20 Å². The van der Waals surface area contributed by atoms with Gasteiger partial charge in [0.15, 0.2) is 0 Å². The number of hydrogen-bond acceptors (Lipinski definition) is 5. The van der Waals surface area contributed by atoms with Crippen molar-refractivity contribution in [3.05, 3.63) is 113 Å². The molecule has 230 valence electrons. The molecule has 0 aliphatic heterocycles. The summed E-state index contributed by atoms with van der Waals surface area (Å²) in [5.74, 6) is -2.24. The van der Waals surface area contributed by atoms with Crippen LogP contribution >= 0.6 is 0 Å². The zero-order valence-corrected chi connectivity index (χ0v) is 27.1. The van der Waals surface area contributed by atoms with Gasteiger partial charge in [0.25, 0.3) is 0 Å². The van der Waals surface area contributed by atoms with Crippen LogP contribution in [0, 0.1) is 5.41 Å². The lowest BCUT2D eigenvalue weighted by Gasteiger charge is -2.31. The molecule has 0 amide bonds. The molecular weight excluding hydrogens is 562 g/mol. The summed E-state index contributed by atoms with van der Waals surface area (Å²) in [5, 5.41) is 19.3. The van der Waals surface area contributed by atoms with Crippen LogP contribution in [0.1, 0.15) is 98.4 Å². The number of pyridine rings is 3. The van der Waals surface area contributed by atoms with Gasteiger partial charge in [0.05, 0.1) is 33.9 Å². The molecule has 0 spiro atoms. The maximum atomic E-state index is 12.1. The summed E-state index contributed by atoms with van der Waals surface area (Å²) in [6, 6.07) is 16.5. The van der Waals surface area contributed by atoms with Crippen LogP contribution in [0.15, 0.2) is 79.1 Å². The normalized spacial score (nSPS) is 14.6. The van der Waals surface area contributed by atoms with Crippen molar-refractivity contribution in [1.82, 2.24) is 15.0 Å². The third-order valence-electron chi connectivity index (χ3n) is 8.41. The largest absolute Gasteiger partial charge is 0.478 e. The summed E-state index contributed by atoms with van der Waals surface area (Å²) in [7, 11) is 0. The van der Waals surface area contributed by atoms with Crippen LogP contribution in [0.5, 0.6) is 0 Å².